The largest absolute Gasteiger partial charge is 0.381 e. The minimum Gasteiger partial charge on any atom is -0.381 e. The Morgan fingerprint density at radius 1 is 1.16 bits per heavy atom. The van der Waals surface area contributed by atoms with Crippen molar-refractivity contribution >= 4 is 11.4 Å². The van der Waals surface area contributed by atoms with E-state index in [0.29, 0.717) is 5.54 Å². The van der Waals surface area contributed by atoms with Gasteiger partial charge in [0.05, 0.1) is 16.9 Å². The molecule has 1 saturated carbocycles. The van der Waals surface area contributed by atoms with Gasteiger partial charge in [0.2, 0.25) is 0 Å². The van der Waals surface area contributed by atoms with Crippen LogP contribution in [0.5, 0.6) is 0 Å². The second kappa shape index (κ2) is 4.16. The maximum atomic E-state index is 3.66. The van der Waals surface area contributed by atoms with Gasteiger partial charge < -0.3 is 10.2 Å². The Balaban J connectivity index is 2.02. The van der Waals surface area contributed by atoms with Gasteiger partial charge >= 0.3 is 0 Å². The molecule has 0 amide bonds. The van der Waals surface area contributed by atoms with Crippen molar-refractivity contribution in [2.24, 2.45) is 0 Å². The molecule has 1 aliphatic heterocycles. The Morgan fingerprint density at radius 2 is 1.84 bits per heavy atom. The summed E-state index contributed by atoms with van der Waals surface area (Å²) >= 11 is 0. The van der Waals surface area contributed by atoms with Crippen LogP contribution in [0.1, 0.15) is 52.0 Å². The zero-order valence-corrected chi connectivity index (χ0v) is 12.7. The van der Waals surface area contributed by atoms with Crippen molar-refractivity contribution in [1.82, 2.24) is 0 Å². The van der Waals surface area contributed by atoms with Crippen LogP contribution < -0.4 is 10.2 Å². The van der Waals surface area contributed by atoms with Crippen LogP contribution >= 0.6 is 0 Å². The highest BCUT2D eigenvalue weighted by Crippen LogP contribution is 2.44. The van der Waals surface area contributed by atoms with Gasteiger partial charge in [-0.3, -0.25) is 0 Å². The van der Waals surface area contributed by atoms with Crippen molar-refractivity contribution in [3.05, 3.63) is 23.8 Å². The monoisotopic (exact) mass is 258 g/mol. The van der Waals surface area contributed by atoms with Gasteiger partial charge in [-0.1, -0.05) is 39.7 Å². The molecular formula is C17H26N2. The van der Waals surface area contributed by atoms with E-state index in [1.165, 1.54) is 42.6 Å². The van der Waals surface area contributed by atoms with Gasteiger partial charge in [-0.05, 0) is 36.0 Å². The quantitative estimate of drug-likeness (QED) is 0.751. The van der Waals surface area contributed by atoms with E-state index < -0.39 is 0 Å². The van der Waals surface area contributed by atoms with Crippen LogP contribution in [0.4, 0.5) is 11.4 Å². The molecule has 0 unspecified atom stereocenters. The standard InChI is InChI=1S/C17H26N2/c1-16(2,3)13-7-8-14-15(11-13)19(4)17(12-18-14)9-5-6-10-17/h7-8,11,18H,5-6,9-10,12H2,1-4H3. The Hall–Kier alpha value is -1.18. The summed E-state index contributed by atoms with van der Waals surface area (Å²) in [4.78, 5) is 2.56. The molecule has 2 aliphatic rings. The average molecular weight is 258 g/mol. The maximum Gasteiger partial charge on any atom is 0.0607 e. The number of nitrogens with zero attached hydrogens (tertiary/aromatic N) is 1. The molecular weight excluding hydrogens is 232 g/mol. The molecule has 1 heterocycles. The second-order valence-corrected chi connectivity index (χ2v) is 7.33. The zero-order chi connectivity index (χ0) is 13.7. The first-order valence-corrected chi connectivity index (χ1v) is 7.55. The molecule has 1 fully saturated rings. The van der Waals surface area contributed by atoms with Crippen molar-refractivity contribution in [3.63, 3.8) is 0 Å². The summed E-state index contributed by atoms with van der Waals surface area (Å²) in [5.74, 6) is 0. The molecule has 0 radical (unpaired) electrons. The Bertz CT molecular complexity index is 479. The first-order chi connectivity index (χ1) is 8.92. The lowest BCUT2D eigenvalue weighted by molar-refractivity contribution is 0.428. The molecule has 0 saturated heterocycles. The Kier molecular flexibility index (Phi) is 2.81. The summed E-state index contributed by atoms with van der Waals surface area (Å²) in [6, 6.07) is 6.92. The van der Waals surface area contributed by atoms with E-state index in [9.17, 15) is 0 Å². The van der Waals surface area contributed by atoms with Gasteiger partial charge in [0.25, 0.3) is 0 Å². The third-order valence-corrected chi connectivity index (χ3v) is 5.08. The highest BCUT2D eigenvalue weighted by atomic mass is 15.2. The summed E-state index contributed by atoms with van der Waals surface area (Å²) in [7, 11) is 2.29. The van der Waals surface area contributed by atoms with Crippen molar-refractivity contribution in [2.75, 3.05) is 23.8 Å². The number of hydrogen-bond donors (Lipinski definition) is 1. The molecule has 3 rings (SSSR count). The van der Waals surface area contributed by atoms with Crippen LogP contribution in [0.2, 0.25) is 0 Å². The first kappa shape index (κ1) is 12.8. The van der Waals surface area contributed by atoms with E-state index in [2.05, 4.69) is 56.2 Å². The SMILES string of the molecule is CN1c2cc(C(C)(C)C)ccc2NCC12CCCC2. The van der Waals surface area contributed by atoms with Crippen LogP contribution in [0.3, 0.4) is 0 Å². The highest BCUT2D eigenvalue weighted by Gasteiger charge is 2.41. The molecule has 2 nitrogen and oxygen atoms in total. The lowest BCUT2D eigenvalue weighted by Crippen LogP contribution is -2.52. The Labute approximate surface area is 117 Å². The summed E-state index contributed by atoms with van der Waals surface area (Å²) in [6.45, 7) is 7.97. The molecule has 1 aliphatic carbocycles. The lowest BCUT2D eigenvalue weighted by atomic mass is 9.85. The van der Waals surface area contributed by atoms with Gasteiger partial charge in [0, 0.05) is 13.6 Å². The molecule has 1 aromatic rings. The van der Waals surface area contributed by atoms with Crippen LogP contribution in [0.25, 0.3) is 0 Å². The third-order valence-electron chi connectivity index (χ3n) is 5.08. The number of hydrogen-bond acceptors (Lipinski definition) is 2. The smallest absolute Gasteiger partial charge is 0.0607 e. The van der Waals surface area contributed by atoms with Crippen LogP contribution in [0.15, 0.2) is 18.2 Å². The minimum absolute atomic E-state index is 0.218. The number of anilines is 2. The number of nitrogens with one attached hydrogen (secondary N) is 1. The molecule has 104 valence electrons. The normalized spacial score (nSPS) is 21.4. The number of likely N-dealkylation sites (N-methyl/N-ethyl adjacent to an activating group) is 1. The van der Waals surface area contributed by atoms with E-state index in [1.54, 1.807) is 0 Å². The molecule has 1 N–H and O–H groups in total. The van der Waals surface area contributed by atoms with Crippen molar-refractivity contribution in [2.45, 2.75) is 57.4 Å². The Morgan fingerprint density at radius 3 is 2.47 bits per heavy atom. The van der Waals surface area contributed by atoms with Gasteiger partial charge in [-0.25, -0.2) is 0 Å². The van der Waals surface area contributed by atoms with E-state index in [1.807, 2.05) is 0 Å². The molecule has 2 heteroatoms. The second-order valence-electron chi connectivity index (χ2n) is 7.33. The molecule has 19 heavy (non-hydrogen) atoms. The zero-order valence-electron chi connectivity index (χ0n) is 12.7. The van der Waals surface area contributed by atoms with E-state index in [-0.39, 0.29) is 5.41 Å². The number of benzene rings is 1. The van der Waals surface area contributed by atoms with Gasteiger partial charge in [-0.2, -0.15) is 0 Å². The first-order valence-electron chi connectivity index (χ1n) is 7.55. The van der Waals surface area contributed by atoms with E-state index in [4.69, 9.17) is 0 Å². The topological polar surface area (TPSA) is 15.3 Å². The van der Waals surface area contributed by atoms with E-state index in [0.717, 1.165) is 6.54 Å². The number of fused-ring (bicyclic) bond motifs is 1. The van der Waals surface area contributed by atoms with Crippen LogP contribution in [-0.2, 0) is 5.41 Å². The van der Waals surface area contributed by atoms with Crippen molar-refractivity contribution in [1.29, 1.82) is 0 Å². The highest BCUT2D eigenvalue weighted by molar-refractivity contribution is 5.75. The van der Waals surface area contributed by atoms with Gasteiger partial charge in [0.15, 0.2) is 0 Å². The summed E-state index contributed by atoms with van der Waals surface area (Å²) in [5, 5.41) is 3.66. The van der Waals surface area contributed by atoms with Crippen LogP contribution in [-0.4, -0.2) is 19.1 Å². The molecule has 0 aromatic heterocycles. The third kappa shape index (κ3) is 2.01. The lowest BCUT2D eigenvalue weighted by Gasteiger charge is -2.46. The fourth-order valence-corrected chi connectivity index (χ4v) is 3.60. The van der Waals surface area contributed by atoms with Gasteiger partial charge in [0.1, 0.15) is 0 Å². The fourth-order valence-electron chi connectivity index (χ4n) is 3.60. The van der Waals surface area contributed by atoms with E-state index >= 15 is 0 Å². The maximum absolute atomic E-state index is 3.66. The van der Waals surface area contributed by atoms with Crippen LogP contribution in [0, 0.1) is 0 Å². The summed E-state index contributed by atoms with van der Waals surface area (Å²) < 4.78 is 0. The van der Waals surface area contributed by atoms with Crippen molar-refractivity contribution in [3.8, 4) is 0 Å². The molecule has 0 atom stereocenters. The molecule has 1 aromatic carbocycles. The fraction of sp³-hybridized carbons (Fsp3) is 0.647. The molecule has 0 bridgehead atoms. The molecule has 1 spiro atoms. The minimum atomic E-state index is 0.218. The summed E-state index contributed by atoms with van der Waals surface area (Å²) in [6.07, 6.45) is 5.41. The van der Waals surface area contributed by atoms with Crippen molar-refractivity contribution < 1.29 is 0 Å². The average Bonchev–Trinajstić information content (AvgIpc) is 2.83. The van der Waals surface area contributed by atoms with Gasteiger partial charge in [-0.15, -0.1) is 0 Å². The predicted molar refractivity (Wildman–Crippen MR) is 83.2 cm³/mol. The predicted octanol–water partition coefficient (Wildman–Crippen LogP) is 4.16. The summed E-state index contributed by atoms with van der Waals surface area (Å²) in [5.41, 5.74) is 4.70. The number of rotatable bonds is 0.